The van der Waals surface area contributed by atoms with Crippen molar-refractivity contribution < 1.29 is 4.74 Å². The van der Waals surface area contributed by atoms with E-state index in [1.54, 1.807) is 7.05 Å². The molecule has 0 fully saturated rings. The van der Waals surface area contributed by atoms with Crippen LogP contribution in [-0.2, 0) is 0 Å². The molecule has 2 N–H and O–H groups in total. The maximum absolute atomic E-state index is 5.40. The van der Waals surface area contributed by atoms with Gasteiger partial charge in [0.05, 0.1) is 6.61 Å². The zero-order valence-electron chi connectivity index (χ0n) is 10.0. The number of aromatic nitrogens is 6. The maximum Gasteiger partial charge on any atom is 0.322 e. The van der Waals surface area contributed by atoms with E-state index >= 15 is 0 Å². The lowest BCUT2D eigenvalue weighted by atomic mass is 10.5. The fraction of sp³-hybridized carbons (Fsp3) is 0.444. The lowest BCUT2D eigenvalue weighted by molar-refractivity contribution is 0.288. The molecule has 0 saturated carbocycles. The van der Waals surface area contributed by atoms with Crippen molar-refractivity contribution in [2.45, 2.75) is 23.7 Å². The average Bonchev–Trinajstić information content (AvgIpc) is 2.89. The van der Waals surface area contributed by atoms with Crippen molar-refractivity contribution in [3.63, 3.8) is 0 Å². The van der Waals surface area contributed by atoms with Crippen LogP contribution in [0.2, 0.25) is 0 Å². The molecule has 2 aromatic heterocycles. The molecule has 2 aromatic rings. The second kappa shape index (κ2) is 6.15. The van der Waals surface area contributed by atoms with Gasteiger partial charge in [0.1, 0.15) is 6.33 Å². The minimum Gasteiger partial charge on any atom is -0.463 e. The fourth-order valence-corrected chi connectivity index (χ4v) is 1.71. The molecule has 0 aliphatic heterocycles. The van der Waals surface area contributed by atoms with Crippen LogP contribution in [0.4, 0.5) is 5.95 Å². The molecule has 0 unspecified atom stereocenters. The Morgan fingerprint density at radius 3 is 2.94 bits per heavy atom. The first-order valence-electron chi connectivity index (χ1n) is 5.41. The van der Waals surface area contributed by atoms with Gasteiger partial charge >= 0.3 is 6.01 Å². The maximum atomic E-state index is 5.40. The van der Waals surface area contributed by atoms with Crippen LogP contribution < -0.4 is 10.1 Å². The van der Waals surface area contributed by atoms with E-state index in [4.69, 9.17) is 4.74 Å². The molecule has 9 heteroatoms. The zero-order chi connectivity index (χ0) is 12.8. The van der Waals surface area contributed by atoms with Crippen molar-refractivity contribution in [3.8, 4) is 6.01 Å². The number of H-pyrrole nitrogens is 1. The van der Waals surface area contributed by atoms with Crippen LogP contribution in [0.25, 0.3) is 0 Å². The monoisotopic (exact) mass is 267 g/mol. The summed E-state index contributed by atoms with van der Waals surface area (Å²) in [5.74, 6) is 0.457. The normalized spacial score (nSPS) is 10.3. The van der Waals surface area contributed by atoms with Crippen molar-refractivity contribution in [1.29, 1.82) is 0 Å². The summed E-state index contributed by atoms with van der Waals surface area (Å²) in [6, 6.07) is 0.304. The van der Waals surface area contributed by atoms with Crippen molar-refractivity contribution in [2.75, 3.05) is 19.0 Å². The minimum atomic E-state index is 0.304. The highest BCUT2D eigenvalue weighted by atomic mass is 32.2. The van der Waals surface area contributed by atoms with E-state index < -0.39 is 0 Å². The first-order chi connectivity index (χ1) is 8.81. The van der Waals surface area contributed by atoms with Gasteiger partial charge in [0.2, 0.25) is 11.1 Å². The summed E-state index contributed by atoms with van der Waals surface area (Å²) >= 11 is 1.26. The van der Waals surface area contributed by atoms with E-state index in [0.29, 0.717) is 28.9 Å². The van der Waals surface area contributed by atoms with Crippen molar-refractivity contribution >= 4 is 17.7 Å². The summed E-state index contributed by atoms with van der Waals surface area (Å²) in [5.41, 5.74) is 0. The van der Waals surface area contributed by atoms with Crippen LogP contribution in [0, 0.1) is 0 Å². The van der Waals surface area contributed by atoms with Gasteiger partial charge in [0.15, 0.2) is 5.16 Å². The van der Waals surface area contributed by atoms with Crippen molar-refractivity contribution in [2.24, 2.45) is 0 Å². The lowest BCUT2D eigenvalue weighted by Crippen LogP contribution is -2.05. The van der Waals surface area contributed by atoms with E-state index in [9.17, 15) is 0 Å². The topological polar surface area (TPSA) is 101 Å². The smallest absolute Gasteiger partial charge is 0.322 e. The van der Waals surface area contributed by atoms with Gasteiger partial charge in [-0.25, -0.2) is 4.98 Å². The standard InChI is InChI=1S/C9H13N7OS/c1-3-4-17-7-13-6(10-2)14-9(15-7)18-8-11-5-12-16-8/h5H,3-4H2,1-2H3,(H,11,12,16)(H,10,13,14,15). The minimum absolute atomic E-state index is 0.304. The third-order valence-corrected chi connectivity index (χ3v) is 2.59. The number of hydrogen-bond acceptors (Lipinski definition) is 8. The molecule has 2 heterocycles. The Morgan fingerprint density at radius 1 is 1.39 bits per heavy atom. The Hall–Kier alpha value is -1.90. The quantitative estimate of drug-likeness (QED) is 0.798. The van der Waals surface area contributed by atoms with E-state index in [1.807, 2.05) is 6.92 Å². The molecule has 0 aliphatic carbocycles. The summed E-state index contributed by atoms with van der Waals surface area (Å²) in [6.07, 6.45) is 2.32. The van der Waals surface area contributed by atoms with Gasteiger partial charge in [-0.05, 0) is 18.2 Å². The third kappa shape index (κ3) is 3.29. The van der Waals surface area contributed by atoms with Gasteiger partial charge in [-0.1, -0.05) is 6.92 Å². The van der Waals surface area contributed by atoms with Gasteiger partial charge in [0.25, 0.3) is 0 Å². The highest BCUT2D eigenvalue weighted by molar-refractivity contribution is 7.99. The molecule has 0 saturated heterocycles. The molecule has 0 atom stereocenters. The molecular formula is C9H13N7OS. The SMILES string of the molecule is CCCOc1nc(NC)nc(Sc2ncn[nH]2)n1. The summed E-state index contributed by atoms with van der Waals surface area (Å²) < 4.78 is 5.40. The number of anilines is 1. The van der Waals surface area contributed by atoms with Crippen LogP contribution in [0.3, 0.4) is 0 Å². The Kier molecular flexibility index (Phi) is 4.29. The average molecular weight is 267 g/mol. The zero-order valence-corrected chi connectivity index (χ0v) is 10.9. The highest BCUT2D eigenvalue weighted by Gasteiger charge is 2.09. The van der Waals surface area contributed by atoms with E-state index in [2.05, 4.69) is 35.5 Å². The Morgan fingerprint density at radius 2 is 2.28 bits per heavy atom. The van der Waals surface area contributed by atoms with Crippen LogP contribution >= 0.6 is 11.8 Å². The molecule has 0 spiro atoms. The fourth-order valence-electron chi connectivity index (χ4n) is 1.08. The third-order valence-electron chi connectivity index (χ3n) is 1.83. The Bertz CT molecular complexity index is 490. The van der Waals surface area contributed by atoms with Gasteiger partial charge < -0.3 is 10.1 Å². The van der Waals surface area contributed by atoms with Crippen LogP contribution in [0.15, 0.2) is 16.6 Å². The largest absolute Gasteiger partial charge is 0.463 e. The first-order valence-corrected chi connectivity index (χ1v) is 6.23. The summed E-state index contributed by atoms with van der Waals surface area (Å²) in [4.78, 5) is 16.5. The number of hydrogen-bond donors (Lipinski definition) is 2. The molecule has 2 rings (SSSR count). The molecule has 96 valence electrons. The molecule has 0 bridgehead atoms. The van der Waals surface area contributed by atoms with Crippen molar-refractivity contribution in [3.05, 3.63) is 6.33 Å². The number of aromatic amines is 1. The molecule has 18 heavy (non-hydrogen) atoms. The highest BCUT2D eigenvalue weighted by Crippen LogP contribution is 2.22. The van der Waals surface area contributed by atoms with Crippen LogP contribution in [-0.4, -0.2) is 43.8 Å². The van der Waals surface area contributed by atoms with Gasteiger partial charge in [-0.15, -0.1) is 0 Å². The number of rotatable bonds is 6. The van der Waals surface area contributed by atoms with Crippen LogP contribution in [0.1, 0.15) is 13.3 Å². The summed E-state index contributed by atoms with van der Waals surface area (Å²) in [5, 5.41) is 10.5. The molecule has 8 nitrogen and oxygen atoms in total. The summed E-state index contributed by atoms with van der Waals surface area (Å²) in [7, 11) is 1.74. The first kappa shape index (κ1) is 12.6. The second-order valence-corrected chi connectivity index (χ2v) is 4.17. The number of nitrogens with zero attached hydrogens (tertiary/aromatic N) is 5. The predicted octanol–water partition coefficient (Wildman–Crippen LogP) is 0.971. The van der Waals surface area contributed by atoms with Gasteiger partial charge in [0, 0.05) is 7.05 Å². The molecule has 0 radical (unpaired) electrons. The van der Waals surface area contributed by atoms with E-state index in [0.717, 1.165) is 6.42 Å². The molecule has 0 aromatic carbocycles. The lowest BCUT2D eigenvalue weighted by Gasteiger charge is -2.05. The van der Waals surface area contributed by atoms with Crippen molar-refractivity contribution in [1.82, 2.24) is 30.1 Å². The van der Waals surface area contributed by atoms with E-state index in [-0.39, 0.29) is 0 Å². The second-order valence-electron chi connectivity index (χ2n) is 3.22. The molecular weight excluding hydrogens is 254 g/mol. The van der Waals surface area contributed by atoms with E-state index in [1.165, 1.54) is 18.1 Å². The molecule has 0 aliphatic rings. The molecule has 0 amide bonds. The number of nitrogens with one attached hydrogen (secondary N) is 2. The van der Waals surface area contributed by atoms with Crippen LogP contribution in [0.5, 0.6) is 6.01 Å². The van der Waals surface area contributed by atoms with Gasteiger partial charge in [-0.3, -0.25) is 5.10 Å². The Labute approximate surface area is 108 Å². The summed E-state index contributed by atoms with van der Waals surface area (Å²) in [6.45, 7) is 2.59. The number of ether oxygens (including phenoxy) is 1. The predicted molar refractivity (Wildman–Crippen MR) is 65.7 cm³/mol. The Balaban J connectivity index is 2.17. The van der Waals surface area contributed by atoms with Gasteiger partial charge in [-0.2, -0.15) is 20.1 Å².